The van der Waals surface area contributed by atoms with Crippen molar-refractivity contribution in [1.82, 2.24) is 0 Å². The molecule has 0 bridgehead atoms. The SMILES string of the molecule is NC1=CC(COc2ccc(O)cc2)=NS1(=O)=O. The second-order valence-corrected chi connectivity index (χ2v) is 4.99. The molecule has 1 heterocycles. The van der Waals surface area contributed by atoms with Crippen molar-refractivity contribution >= 4 is 15.7 Å². The Hall–Kier alpha value is -2.02. The number of benzene rings is 1. The van der Waals surface area contributed by atoms with Gasteiger partial charge in [-0.2, -0.15) is 12.8 Å². The van der Waals surface area contributed by atoms with Gasteiger partial charge < -0.3 is 15.6 Å². The van der Waals surface area contributed by atoms with Gasteiger partial charge >= 0.3 is 0 Å². The van der Waals surface area contributed by atoms with E-state index in [-0.39, 0.29) is 23.1 Å². The van der Waals surface area contributed by atoms with E-state index < -0.39 is 10.0 Å². The predicted molar refractivity (Wildman–Crippen MR) is 62.2 cm³/mol. The minimum Gasteiger partial charge on any atom is -0.508 e. The van der Waals surface area contributed by atoms with Gasteiger partial charge in [0.05, 0.1) is 5.71 Å². The van der Waals surface area contributed by atoms with Gasteiger partial charge in [0.25, 0.3) is 10.0 Å². The molecule has 17 heavy (non-hydrogen) atoms. The zero-order valence-corrected chi connectivity index (χ0v) is 9.52. The largest absolute Gasteiger partial charge is 0.508 e. The Labute approximate surface area is 98.1 Å². The number of aromatic hydroxyl groups is 1. The maximum absolute atomic E-state index is 11.2. The van der Waals surface area contributed by atoms with Crippen molar-refractivity contribution in [2.45, 2.75) is 0 Å². The maximum Gasteiger partial charge on any atom is 0.297 e. The number of sulfonamides is 1. The molecule has 1 aliphatic heterocycles. The molecule has 0 saturated carbocycles. The molecule has 0 amide bonds. The highest BCUT2D eigenvalue weighted by atomic mass is 32.2. The minimum atomic E-state index is -3.68. The first kappa shape index (κ1) is 11.5. The molecule has 90 valence electrons. The summed E-state index contributed by atoms with van der Waals surface area (Å²) in [7, 11) is -3.68. The standard InChI is InChI=1S/C10H10N2O4S/c11-10-5-7(12-17(10,14)15)6-16-9-3-1-8(13)2-4-9/h1-5,13H,6,11H2. The number of nitrogens with zero attached hydrogens (tertiary/aromatic N) is 1. The van der Waals surface area contributed by atoms with Crippen LogP contribution in [0.5, 0.6) is 11.5 Å². The van der Waals surface area contributed by atoms with E-state index in [4.69, 9.17) is 15.6 Å². The van der Waals surface area contributed by atoms with Crippen molar-refractivity contribution in [2.75, 3.05) is 6.61 Å². The summed E-state index contributed by atoms with van der Waals surface area (Å²) >= 11 is 0. The van der Waals surface area contributed by atoms with Crippen molar-refractivity contribution < 1.29 is 18.3 Å². The first-order valence-corrected chi connectivity index (χ1v) is 6.14. The van der Waals surface area contributed by atoms with Gasteiger partial charge in [0, 0.05) is 6.08 Å². The summed E-state index contributed by atoms with van der Waals surface area (Å²) in [5.41, 5.74) is 5.51. The van der Waals surface area contributed by atoms with E-state index in [2.05, 4.69) is 4.40 Å². The van der Waals surface area contributed by atoms with Crippen molar-refractivity contribution in [3.63, 3.8) is 0 Å². The Morgan fingerprint density at radius 3 is 2.47 bits per heavy atom. The number of ether oxygens (including phenoxy) is 1. The molecule has 0 radical (unpaired) electrons. The van der Waals surface area contributed by atoms with Crippen LogP contribution in [0.2, 0.25) is 0 Å². The Bertz CT molecular complexity index is 587. The predicted octanol–water partition coefficient (Wildman–Crippen LogP) is 0.356. The van der Waals surface area contributed by atoms with Gasteiger partial charge in [-0.25, -0.2) is 0 Å². The lowest BCUT2D eigenvalue weighted by Gasteiger charge is -2.03. The smallest absolute Gasteiger partial charge is 0.297 e. The maximum atomic E-state index is 11.2. The normalized spacial score (nSPS) is 17.4. The van der Waals surface area contributed by atoms with Crippen LogP contribution in [-0.2, 0) is 10.0 Å². The highest BCUT2D eigenvalue weighted by molar-refractivity contribution is 7.94. The molecule has 0 spiro atoms. The summed E-state index contributed by atoms with van der Waals surface area (Å²) in [6.07, 6.45) is 1.26. The summed E-state index contributed by atoms with van der Waals surface area (Å²) in [6.45, 7) is 0.00467. The zero-order chi connectivity index (χ0) is 12.5. The van der Waals surface area contributed by atoms with Crippen LogP contribution in [0, 0.1) is 0 Å². The van der Waals surface area contributed by atoms with Crippen molar-refractivity contribution in [3.05, 3.63) is 35.4 Å². The Morgan fingerprint density at radius 2 is 1.94 bits per heavy atom. The minimum absolute atomic E-state index is 0.00467. The van der Waals surface area contributed by atoms with Crippen LogP contribution < -0.4 is 10.5 Å². The van der Waals surface area contributed by atoms with Crippen LogP contribution in [0.1, 0.15) is 0 Å². The Kier molecular flexibility index (Phi) is 2.76. The van der Waals surface area contributed by atoms with Crippen molar-refractivity contribution in [1.29, 1.82) is 0 Å². The number of hydrogen-bond donors (Lipinski definition) is 2. The van der Waals surface area contributed by atoms with Gasteiger partial charge in [-0.05, 0) is 24.3 Å². The molecule has 1 aromatic rings. The highest BCUT2D eigenvalue weighted by Crippen LogP contribution is 2.17. The van der Waals surface area contributed by atoms with E-state index >= 15 is 0 Å². The van der Waals surface area contributed by atoms with Crippen LogP contribution in [-0.4, -0.2) is 25.8 Å². The lowest BCUT2D eigenvalue weighted by atomic mass is 10.3. The summed E-state index contributed by atoms with van der Waals surface area (Å²) in [6, 6.07) is 6.05. The van der Waals surface area contributed by atoms with Crippen LogP contribution in [0.25, 0.3) is 0 Å². The fourth-order valence-corrected chi connectivity index (χ4v) is 2.04. The Balaban J connectivity index is 2.03. The molecule has 0 fully saturated rings. The molecular formula is C10H10N2O4S. The number of hydrogen-bond acceptors (Lipinski definition) is 5. The molecular weight excluding hydrogens is 244 g/mol. The molecule has 1 aromatic carbocycles. The Morgan fingerprint density at radius 1 is 1.29 bits per heavy atom. The van der Waals surface area contributed by atoms with Crippen LogP contribution >= 0.6 is 0 Å². The fraction of sp³-hybridized carbons (Fsp3) is 0.100. The van der Waals surface area contributed by atoms with E-state index in [0.717, 1.165) is 0 Å². The fourth-order valence-electron chi connectivity index (χ4n) is 1.24. The summed E-state index contributed by atoms with van der Waals surface area (Å²) in [5.74, 6) is 0.629. The average Bonchev–Trinajstić information content (AvgIpc) is 2.52. The topological polar surface area (TPSA) is 102 Å². The van der Waals surface area contributed by atoms with Gasteiger partial charge in [-0.3, -0.25) is 0 Å². The van der Waals surface area contributed by atoms with Gasteiger partial charge in [-0.15, -0.1) is 0 Å². The molecule has 0 unspecified atom stereocenters. The second kappa shape index (κ2) is 4.10. The third-order valence-electron chi connectivity index (χ3n) is 2.07. The third kappa shape index (κ3) is 2.56. The van der Waals surface area contributed by atoms with Gasteiger partial charge in [0.1, 0.15) is 18.1 Å². The van der Waals surface area contributed by atoms with Crippen LogP contribution in [0.3, 0.4) is 0 Å². The lowest BCUT2D eigenvalue weighted by molar-refractivity contribution is 0.376. The van der Waals surface area contributed by atoms with E-state index in [1.807, 2.05) is 0 Å². The zero-order valence-electron chi connectivity index (χ0n) is 8.70. The molecule has 6 nitrogen and oxygen atoms in total. The van der Waals surface area contributed by atoms with Crippen molar-refractivity contribution in [3.8, 4) is 11.5 Å². The molecule has 1 aliphatic rings. The number of phenols is 1. The highest BCUT2D eigenvalue weighted by Gasteiger charge is 2.21. The summed E-state index contributed by atoms with van der Waals surface area (Å²) in [5, 5.41) is 8.78. The summed E-state index contributed by atoms with van der Waals surface area (Å²) in [4.78, 5) is 0. The first-order chi connectivity index (χ1) is 7.97. The number of nitrogens with two attached hydrogens (primary N) is 1. The first-order valence-electron chi connectivity index (χ1n) is 4.70. The monoisotopic (exact) mass is 254 g/mol. The van der Waals surface area contributed by atoms with Crippen LogP contribution in [0.15, 0.2) is 39.8 Å². The van der Waals surface area contributed by atoms with E-state index in [0.29, 0.717) is 5.75 Å². The molecule has 7 heteroatoms. The van der Waals surface area contributed by atoms with Gasteiger partial charge in [-0.1, -0.05) is 0 Å². The van der Waals surface area contributed by atoms with Gasteiger partial charge in [0.2, 0.25) is 0 Å². The second-order valence-electron chi connectivity index (χ2n) is 3.39. The molecule has 0 saturated heterocycles. The van der Waals surface area contributed by atoms with Crippen LogP contribution in [0.4, 0.5) is 0 Å². The summed E-state index contributed by atoms with van der Waals surface area (Å²) < 4.78 is 31.0. The molecule has 0 atom stereocenters. The van der Waals surface area contributed by atoms with Crippen molar-refractivity contribution in [2.24, 2.45) is 10.1 Å². The van der Waals surface area contributed by atoms with Gasteiger partial charge in [0.15, 0.2) is 5.03 Å². The molecule has 0 aromatic heterocycles. The molecule has 0 aliphatic carbocycles. The lowest BCUT2D eigenvalue weighted by Crippen LogP contribution is -2.07. The number of phenolic OH excluding ortho intramolecular Hbond substituents is 1. The number of rotatable bonds is 3. The van der Waals surface area contributed by atoms with E-state index in [1.54, 1.807) is 12.1 Å². The third-order valence-corrected chi connectivity index (χ3v) is 3.26. The van der Waals surface area contributed by atoms with E-state index in [9.17, 15) is 8.42 Å². The average molecular weight is 254 g/mol. The van der Waals surface area contributed by atoms with E-state index in [1.165, 1.54) is 18.2 Å². The quantitative estimate of drug-likeness (QED) is 0.810. The molecule has 2 rings (SSSR count). The molecule has 3 N–H and O–H groups in total.